The van der Waals surface area contributed by atoms with Crippen molar-refractivity contribution in [2.45, 2.75) is 6.92 Å². The first-order valence-corrected chi connectivity index (χ1v) is 6.54. The minimum atomic E-state index is -0.357. The molecule has 0 unspecified atom stereocenters. The highest BCUT2D eigenvalue weighted by Gasteiger charge is 2.11. The Bertz CT molecular complexity index is 542. The fraction of sp³-hybridized carbons (Fsp3) is 0.182. The zero-order valence-electron chi connectivity index (χ0n) is 8.95. The molecule has 0 aliphatic heterocycles. The van der Waals surface area contributed by atoms with Gasteiger partial charge in [0.1, 0.15) is 26.5 Å². The summed E-state index contributed by atoms with van der Waals surface area (Å²) in [6.07, 6.45) is 0. The molecule has 0 bridgehead atoms. The number of ether oxygens (including phenoxy) is 1. The summed E-state index contributed by atoms with van der Waals surface area (Å²) in [6.45, 7) is 2.42. The summed E-state index contributed by atoms with van der Waals surface area (Å²) in [5, 5.41) is 4.13. The zero-order valence-corrected chi connectivity index (χ0v) is 12.1. The number of benzene rings is 1. The van der Waals surface area contributed by atoms with E-state index in [1.165, 1.54) is 10.7 Å². The number of nitrogens with zero attached hydrogens (tertiary/aromatic N) is 2. The van der Waals surface area contributed by atoms with Crippen LogP contribution in [-0.2, 0) is 0 Å². The second kappa shape index (κ2) is 5.18. The van der Waals surface area contributed by atoms with Crippen molar-refractivity contribution in [3.8, 4) is 11.4 Å². The lowest BCUT2D eigenvalue weighted by Gasteiger charge is -2.08. The molecule has 0 atom stereocenters. The Morgan fingerprint density at radius 2 is 2.12 bits per heavy atom. The Kier molecular flexibility index (Phi) is 3.83. The molecule has 90 valence electrons. The first-order valence-electron chi connectivity index (χ1n) is 4.95. The van der Waals surface area contributed by atoms with Gasteiger partial charge < -0.3 is 4.74 Å². The summed E-state index contributed by atoms with van der Waals surface area (Å²) in [4.78, 5) is 0. The molecule has 0 saturated carbocycles. The van der Waals surface area contributed by atoms with Gasteiger partial charge in [-0.15, -0.1) is 0 Å². The molecule has 1 heterocycles. The standard InChI is InChI=1S/C11H9Br2FN2O/c1-2-17-7-3-4-8(14)9(5-7)16-11(13)6-10(12)15-16/h3-6H,2H2,1H3. The second-order valence-corrected chi connectivity index (χ2v) is 4.87. The van der Waals surface area contributed by atoms with E-state index in [2.05, 4.69) is 37.0 Å². The molecule has 1 aromatic heterocycles. The quantitative estimate of drug-likeness (QED) is 0.825. The van der Waals surface area contributed by atoms with Gasteiger partial charge in [0.2, 0.25) is 0 Å². The summed E-state index contributed by atoms with van der Waals surface area (Å²) < 4.78 is 21.8. The van der Waals surface area contributed by atoms with E-state index in [1.807, 2.05) is 6.92 Å². The van der Waals surface area contributed by atoms with Gasteiger partial charge in [-0.1, -0.05) is 0 Å². The van der Waals surface area contributed by atoms with Crippen LogP contribution < -0.4 is 4.74 Å². The topological polar surface area (TPSA) is 27.1 Å². The third-order valence-corrected chi connectivity index (χ3v) is 3.05. The van der Waals surface area contributed by atoms with Crippen LogP contribution in [0.25, 0.3) is 5.69 Å². The molecule has 0 radical (unpaired) electrons. The molecule has 0 aliphatic rings. The number of rotatable bonds is 3. The van der Waals surface area contributed by atoms with Crippen LogP contribution in [-0.4, -0.2) is 16.4 Å². The Balaban J connectivity index is 2.50. The van der Waals surface area contributed by atoms with Gasteiger partial charge in [0, 0.05) is 12.1 Å². The largest absolute Gasteiger partial charge is 0.494 e. The molecule has 0 amide bonds. The van der Waals surface area contributed by atoms with Crippen molar-refractivity contribution in [1.82, 2.24) is 9.78 Å². The highest BCUT2D eigenvalue weighted by atomic mass is 79.9. The molecular formula is C11H9Br2FN2O. The van der Waals surface area contributed by atoms with Crippen molar-refractivity contribution in [1.29, 1.82) is 0 Å². The van der Waals surface area contributed by atoms with E-state index in [1.54, 1.807) is 18.2 Å². The van der Waals surface area contributed by atoms with Crippen LogP contribution in [0.2, 0.25) is 0 Å². The molecule has 0 spiro atoms. The van der Waals surface area contributed by atoms with Crippen molar-refractivity contribution < 1.29 is 9.13 Å². The lowest BCUT2D eigenvalue weighted by atomic mass is 10.3. The van der Waals surface area contributed by atoms with Crippen molar-refractivity contribution >= 4 is 31.9 Å². The van der Waals surface area contributed by atoms with Crippen molar-refractivity contribution in [2.75, 3.05) is 6.61 Å². The highest BCUT2D eigenvalue weighted by Crippen LogP contribution is 2.25. The van der Waals surface area contributed by atoms with Crippen molar-refractivity contribution in [3.63, 3.8) is 0 Å². The predicted molar refractivity (Wildman–Crippen MR) is 70.1 cm³/mol. The van der Waals surface area contributed by atoms with Gasteiger partial charge in [-0.25, -0.2) is 9.07 Å². The van der Waals surface area contributed by atoms with Crippen LogP contribution in [0.1, 0.15) is 6.92 Å². The van der Waals surface area contributed by atoms with Crippen molar-refractivity contribution in [2.24, 2.45) is 0 Å². The molecule has 0 N–H and O–H groups in total. The van der Waals surface area contributed by atoms with E-state index in [0.717, 1.165) is 0 Å². The maximum Gasteiger partial charge on any atom is 0.149 e. The third kappa shape index (κ3) is 2.69. The van der Waals surface area contributed by atoms with Crippen LogP contribution in [0.15, 0.2) is 33.5 Å². The van der Waals surface area contributed by atoms with Gasteiger partial charge in [-0.3, -0.25) is 0 Å². The minimum absolute atomic E-state index is 0.341. The number of aromatic nitrogens is 2. The second-order valence-electron chi connectivity index (χ2n) is 3.25. The molecule has 2 aromatic rings. The van der Waals surface area contributed by atoms with Crippen LogP contribution in [0.3, 0.4) is 0 Å². The van der Waals surface area contributed by atoms with Gasteiger partial charge in [0.15, 0.2) is 0 Å². The number of hydrogen-bond donors (Lipinski definition) is 0. The predicted octanol–water partition coefficient (Wildman–Crippen LogP) is 3.94. The van der Waals surface area contributed by atoms with E-state index in [-0.39, 0.29) is 5.82 Å². The minimum Gasteiger partial charge on any atom is -0.494 e. The summed E-state index contributed by atoms with van der Waals surface area (Å²) in [7, 11) is 0. The van der Waals surface area contributed by atoms with Crippen LogP contribution in [0, 0.1) is 5.82 Å². The first-order chi connectivity index (χ1) is 8.11. The summed E-state index contributed by atoms with van der Waals surface area (Å²) >= 11 is 6.55. The molecular weight excluding hydrogens is 355 g/mol. The Morgan fingerprint density at radius 1 is 1.35 bits per heavy atom. The van der Waals surface area contributed by atoms with Gasteiger partial charge in [-0.2, -0.15) is 5.10 Å². The van der Waals surface area contributed by atoms with E-state index in [9.17, 15) is 4.39 Å². The normalized spacial score (nSPS) is 10.6. The fourth-order valence-corrected chi connectivity index (χ4v) is 2.58. The SMILES string of the molecule is CCOc1ccc(F)c(-n2nc(Br)cc2Br)c1. The highest BCUT2D eigenvalue weighted by molar-refractivity contribution is 9.11. The average Bonchev–Trinajstić information content (AvgIpc) is 2.61. The summed E-state index contributed by atoms with van der Waals surface area (Å²) in [5.41, 5.74) is 0.341. The maximum absolute atomic E-state index is 13.7. The van der Waals surface area contributed by atoms with E-state index >= 15 is 0 Å². The molecule has 17 heavy (non-hydrogen) atoms. The Labute approximate surface area is 115 Å². The zero-order chi connectivity index (χ0) is 12.4. The maximum atomic E-state index is 13.7. The van der Waals surface area contributed by atoms with E-state index in [0.29, 0.717) is 27.3 Å². The summed E-state index contributed by atoms with van der Waals surface area (Å²) in [6, 6.07) is 6.31. The molecule has 0 aliphatic carbocycles. The van der Waals surface area contributed by atoms with Crippen LogP contribution in [0.4, 0.5) is 4.39 Å². The lowest BCUT2D eigenvalue weighted by Crippen LogP contribution is -2.01. The number of halogens is 3. The first kappa shape index (κ1) is 12.6. The van der Waals surface area contributed by atoms with Gasteiger partial charge in [0.05, 0.1) is 6.61 Å². The average molecular weight is 364 g/mol. The smallest absolute Gasteiger partial charge is 0.149 e. The number of hydrogen-bond acceptors (Lipinski definition) is 2. The molecule has 1 aromatic carbocycles. The van der Waals surface area contributed by atoms with Crippen LogP contribution >= 0.6 is 31.9 Å². The molecule has 0 fully saturated rings. The fourth-order valence-electron chi connectivity index (χ4n) is 1.41. The molecule has 0 saturated heterocycles. The monoisotopic (exact) mass is 362 g/mol. The van der Waals surface area contributed by atoms with Crippen molar-refractivity contribution in [3.05, 3.63) is 39.3 Å². The van der Waals surface area contributed by atoms with Gasteiger partial charge >= 0.3 is 0 Å². The summed E-state index contributed by atoms with van der Waals surface area (Å²) in [5.74, 6) is 0.257. The Morgan fingerprint density at radius 3 is 2.71 bits per heavy atom. The van der Waals surface area contributed by atoms with E-state index in [4.69, 9.17) is 4.74 Å². The molecule has 6 heteroatoms. The van der Waals surface area contributed by atoms with E-state index < -0.39 is 0 Å². The Hall–Kier alpha value is -0.880. The third-order valence-electron chi connectivity index (χ3n) is 2.09. The van der Waals surface area contributed by atoms with Gasteiger partial charge in [-0.05, 0) is 50.9 Å². The lowest BCUT2D eigenvalue weighted by molar-refractivity contribution is 0.339. The van der Waals surface area contributed by atoms with Crippen LogP contribution in [0.5, 0.6) is 5.75 Å². The van der Waals surface area contributed by atoms with Gasteiger partial charge in [0.25, 0.3) is 0 Å². The molecule has 2 rings (SSSR count). The molecule has 3 nitrogen and oxygen atoms in total.